The van der Waals surface area contributed by atoms with Gasteiger partial charge in [0.25, 0.3) is 0 Å². The Morgan fingerprint density at radius 3 is 2.95 bits per heavy atom. The van der Waals surface area contributed by atoms with Crippen LogP contribution in [-0.4, -0.2) is 42.4 Å². The third kappa shape index (κ3) is 3.43. The fourth-order valence-corrected chi connectivity index (χ4v) is 3.13. The smallest absolute Gasteiger partial charge is 0.0922 e. The molecule has 1 saturated heterocycles. The predicted octanol–water partition coefficient (Wildman–Crippen LogP) is 2.98. The van der Waals surface area contributed by atoms with Crippen LogP contribution >= 0.6 is 0 Å². The number of ether oxygens (including phenoxy) is 1. The Balaban J connectivity index is 1.78. The third-order valence-corrected chi connectivity index (χ3v) is 4.15. The molecule has 2 aromatic rings. The Bertz CT molecular complexity index is 593. The number of aliphatic hydroxyl groups is 1. The van der Waals surface area contributed by atoms with Crippen LogP contribution in [0.2, 0.25) is 0 Å². The number of β-amino-alcohol motifs (C(OH)–C–C–N with tert-alkyl or cyclic N) is 1. The molecule has 1 N–H and O–H groups in total. The molecule has 0 amide bonds. The maximum atomic E-state index is 10.7. The van der Waals surface area contributed by atoms with Crippen molar-refractivity contribution in [2.75, 3.05) is 26.2 Å². The van der Waals surface area contributed by atoms with Gasteiger partial charge in [-0.2, -0.15) is 0 Å². The zero-order chi connectivity index (χ0) is 14.7. The molecule has 0 saturated carbocycles. The van der Waals surface area contributed by atoms with Crippen molar-refractivity contribution in [1.29, 1.82) is 0 Å². The molecule has 3 heteroatoms. The highest BCUT2D eigenvalue weighted by molar-refractivity contribution is 5.85. The first kappa shape index (κ1) is 14.5. The summed E-state index contributed by atoms with van der Waals surface area (Å²) in [5, 5.41) is 13.0. The standard InChI is InChI=1S/C18H23NO2/c1-14-12-19(10-5-11-21-14)13-18(20)17-9-4-7-15-6-2-3-8-16(15)17/h2-4,6-9,14,18,20H,5,10-13H2,1H3. The number of benzene rings is 2. The summed E-state index contributed by atoms with van der Waals surface area (Å²) in [6.45, 7) is 5.47. The van der Waals surface area contributed by atoms with Gasteiger partial charge in [-0.3, -0.25) is 4.90 Å². The van der Waals surface area contributed by atoms with Crippen LogP contribution in [0.4, 0.5) is 0 Å². The monoisotopic (exact) mass is 285 g/mol. The van der Waals surface area contributed by atoms with Crippen LogP contribution in [-0.2, 0) is 4.74 Å². The number of aliphatic hydroxyl groups excluding tert-OH is 1. The fourth-order valence-electron chi connectivity index (χ4n) is 3.13. The van der Waals surface area contributed by atoms with Crippen LogP contribution in [0.1, 0.15) is 25.0 Å². The lowest BCUT2D eigenvalue weighted by atomic mass is 10.00. The molecule has 2 aromatic carbocycles. The van der Waals surface area contributed by atoms with Gasteiger partial charge in [-0.25, -0.2) is 0 Å². The molecule has 0 aromatic heterocycles. The number of hydrogen-bond donors (Lipinski definition) is 1. The maximum Gasteiger partial charge on any atom is 0.0922 e. The number of nitrogens with zero attached hydrogens (tertiary/aromatic N) is 1. The average Bonchev–Trinajstić information content (AvgIpc) is 2.70. The van der Waals surface area contributed by atoms with Gasteiger partial charge in [0.1, 0.15) is 0 Å². The second kappa shape index (κ2) is 6.56. The van der Waals surface area contributed by atoms with Crippen molar-refractivity contribution in [1.82, 2.24) is 4.90 Å². The van der Waals surface area contributed by atoms with Crippen molar-refractivity contribution >= 4 is 10.8 Å². The van der Waals surface area contributed by atoms with E-state index < -0.39 is 6.10 Å². The van der Waals surface area contributed by atoms with Crippen LogP contribution in [0.5, 0.6) is 0 Å². The second-order valence-corrected chi connectivity index (χ2v) is 5.88. The van der Waals surface area contributed by atoms with Gasteiger partial charge in [0.05, 0.1) is 12.2 Å². The quantitative estimate of drug-likeness (QED) is 0.941. The van der Waals surface area contributed by atoms with Crippen molar-refractivity contribution in [3.8, 4) is 0 Å². The lowest BCUT2D eigenvalue weighted by Crippen LogP contribution is -2.33. The fraction of sp³-hybridized carbons (Fsp3) is 0.444. The highest BCUT2D eigenvalue weighted by atomic mass is 16.5. The minimum atomic E-state index is -0.457. The molecule has 0 spiro atoms. The topological polar surface area (TPSA) is 32.7 Å². The van der Waals surface area contributed by atoms with E-state index in [1.807, 2.05) is 24.3 Å². The van der Waals surface area contributed by atoms with Gasteiger partial charge in [-0.1, -0.05) is 42.5 Å². The molecule has 0 bridgehead atoms. The van der Waals surface area contributed by atoms with Gasteiger partial charge in [0.15, 0.2) is 0 Å². The Morgan fingerprint density at radius 2 is 2.05 bits per heavy atom. The number of hydrogen-bond acceptors (Lipinski definition) is 3. The Morgan fingerprint density at radius 1 is 1.24 bits per heavy atom. The average molecular weight is 285 g/mol. The minimum Gasteiger partial charge on any atom is -0.387 e. The van der Waals surface area contributed by atoms with Gasteiger partial charge in [-0.15, -0.1) is 0 Å². The van der Waals surface area contributed by atoms with Crippen LogP contribution in [0.25, 0.3) is 10.8 Å². The van der Waals surface area contributed by atoms with Gasteiger partial charge in [0.2, 0.25) is 0 Å². The first-order valence-electron chi connectivity index (χ1n) is 7.74. The molecule has 0 radical (unpaired) electrons. The maximum absolute atomic E-state index is 10.7. The van der Waals surface area contributed by atoms with E-state index in [9.17, 15) is 5.11 Å². The molecule has 21 heavy (non-hydrogen) atoms. The zero-order valence-corrected chi connectivity index (χ0v) is 12.5. The first-order chi connectivity index (χ1) is 10.2. The van der Waals surface area contributed by atoms with E-state index in [4.69, 9.17) is 4.74 Å². The predicted molar refractivity (Wildman–Crippen MR) is 85.4 cm³/mol. The summed E-state index contributed by atoms with van der Waals surface area (Å²) in [4.78, 5) is 2.31. The molecule has 3 nitrogen and oxygen atoms in total. The second-order valence-electron chi connectivity index (χ2n) is 5.88. The van der Waals surface area contributed by atoms with Crippen LogP contribution in [0.3, 0.4) is 0 Å². The highest BCUT2D eigenvalue weighted by Gasteiger charge is 2.19. The van der Waals surface area contributed by atoms with E-state index >= 15 is 0 Å². The molecule has 1 aliphatic rings. The Kier molecular flexibility index (Phi) is 4.54. The van der Waals surface area contributed by atoms with Gasteiger partial charge >= 0.3 is 0 Å². The van der Waals surface area contributed by atoms with E-state index in [1.165, 1.54) is 5.39 Å². The van der Waals surface area contributed by atoms with Gasteiger partial charge in [0, 0.05) is 26.2 Å². The summed E-state index contributed by atoms with van der Waals surface area (Å²) in [5.41, 5.74) is 1.02. The van der Waals surface area contributed by atoms with E-state index in [2.05, 4.69) is 30.0 Å². The molecule has 112 valence electrons. The molecule has 1 aliphatic heterocycles. The summed E-state index contributed by atoms with van der Waals surface area (Å²) < 4.78 is 5.67. The van der Waals surface area contributed by atoms with Crippen LogP contribution in [0, 0.1) is 0 Å². The number of fused-ring (bicyclic) bond motifs is 1. The molecule has 1 fully saturated rings. The largest absolute Gasteiger partial charge is 0.387 e. The van der Waals surface area contributed by atoms with Gasteiger partial charge in [-0.05, 0) is 29.7 Å². The molecule has 0 aliphatic carbocycles. The number of rotatable bonds is 3. The normalized spacial score (nSPS) is 22.1. The first-order valence-corrected chi connectivity index (χ1v) is 7.74. The van der Waals surface area contributed by atoms with Crippen molar-refractivity contribution in [2.45, 2.75) is 25.6 Å². The molecule has 1 heterocycles. The van der Waals surface area contributed by atoms with E-state index in [-0.39, 0.29) is 6.10 Å². The SMILES string of the molecule is CC1CN(CC(O)c2cccc3ccccc23)CCCO1. The summed E-state index contributed by atoms with van der Waals surface area (Å²) in [6, 6.07) is 14.4. The van der Waals surface area contributed by atoms with Gasteiger partial charge < -0.3 is 9.84 Å². The zero-order valence-electron chi connectivity index (χ0n) is 12.5. The van der Waals surface area contributed by atoms with Crippen molar-refractivity contribution in [3.05, 3.63) is 48.0 Å². The van der Waals surface area contributed by atoms with E-state index in [0.717, 1.165) is 37.1 Å². The summed E-state index contributed by atoms with van der Waals surface area (Å²) in [5.74, 6) is 0. The van der Waals surface area contributed by atoms with Crippen molar-refractivity contribution in [2.24, 2.45) is 0 Å². The molecule has 2 unspecified atom stereocenters. The Labute approximate surface area is 126 Å². The molecular weight excluding hydrogens is 262 g/mol. The summed E-state index contributed by atoms with van der Waals surface area (Å²) >= 11 is 0. The third-order valence-electron chi connectivity index (χ3n) is 4.15. The molecule has 3 rings (SSSR count). The van der Waals surface area contributed by atoms with Crippen molar-refractivity contribution in [3.63, 3.8) is 0 Å². The van der Waals surface area contributed by atoms with Crippen molar-refractivity contribution < 1.29 is 9.84 Å². The summed E-state index contributed by atoms with van der Waals surface area (Å²) in [6.07, 6.45) is 0.820. The van der Waals surface area contributed by atoms with E-state index in [0.29, 0.717) is 6.54 Å². The van der Waals surface area contributed by atoms with Crippen LogP contribution in [0.15, 0.2) is 42.5 Å². The van der Waals surface area contributed by atoms with Crippen LogP contribution < -0.4 is 0 Å². The molecular formula is C18H23NO2. The minimum absolute atomic E-state index is 0.243. The Hall–Kier alpha value is -1.42. The lowest BCUT2D eigenvalue weighted by Gasteiger charge is -2.25. The highest BCUT2D eigenvalue weighted by Crippen LogP contribution is 2.25. The molecule has 2 atom stereocenters. The van der Waals surface area contributed by atoms with E-state index in [1.54, 1.807) is 0 Å². The summed E-state index contributed by atoms with van der Waals surface area (Å²) in [7, 11) is 0. The lowest BCUT2D eigenvalue weighted by molar-refractivity contribution is 0.0564.